The molecule has 2 aliphatic rings. The average Bonchev–Trinajstić information content (AvgIpc) is 3.34. The lowest BCUT2D eigenvalue weighted by Crippen LogP contribution is -2.41. The highest BCUT2D eigenvalue weighted by atomic mass is 16.5. The lowest BCUT2D eigenvalue weighted by atomic mass is 10.5. The molecule has 6 heteroatoms. The lowest BCUT2D eigenvalue weighted by molar-refractivity contribution is -0.119. The van der Waals surface area contributed by atoms with Crippen molar-refractivity contribution in [3.63, 3.8) is 0 Å². The van der Waals surface area contributed by atoms with Crippen molar-refractivity contribution < 1.29 is 9.53 Å². The summed E-state index contributed by atoms with van der Waals surface area (Å²) in [5.41, 5.74) is 0. The van der Waals surface area contributed by atoms with Crippen LogP contribution in [0.5, 0.6) is 0 Å². The first-order valence-corrected chi connectivity index (χ1v) is 8.05. The number of nitrogens with zero attached hydrogens (tertiary/aromatic N) is 2. The number of nitrogens with one attached hydrogen (secondary N) is 2. The smallest absolute Gasteiger partial charge is 0.242 e. The minimum absolute atomic E-state index is 0.00582. The predicted molar refractivity (Wildman–Crippen MR) is 83.3 cm³/mol. The summed E-state index contributed by atoms with van der Waals surface area (Å²) in [5, 5.41) is 6.15. The third-order valence-electron chi connectivity index (χ3n) is 3.63. The maximum absolute atomic E-state index is 11.7. The maximum atomic E-state index is 11.7. The number of rotatable bonds is 9. The molecule has 0 unspecified atom stereocenters. The Hall–Kier alpha value is -1.30. The number of amides is 1. The number of aliphatic imine (C=N–C) groups is 1. The number of guanidine groups is 1. The Kier molecular flexibility index (Phi) is 6.29. The highest BCUT2D eigenvalue weighted by molar-refractivity contribution is 5.85. The molecule has 0 aliphatic heterocycles. The standard InChI is InChI=1S/C15H28N4O2/c1-3-16-15(17-10-14(20)18-13-6-7-13)19(2)8-9-21-11-12-4-5-12/h12-13H,3-11H2,1-2H3,(H,16,17)(H,18,20). The van der Waals surface area contributed by atoms with Crippen LogP contribution in [0.15, 0.2) is 4.99 Å². The van der Waals surface area contributed by atoms with Crippen LogP contribution in [-0.4, -0.2) is 62.7 Å². The summed E-state index contributed by atoms with van der Waals surface area (Å²) < 4.78 is 5.64. The zero-order chi connectivity index (χ0) is 15.1. The summed E-state index contributed by atoms with van der Waals surface area (Å²) in [6.07, 6.45) is 4.84. The predicted octanol–water partition coefficient (Wildman–Crippen LogP) is 0.589. The molecule has 0 radical (unpaired) electrons. The van der Waals surface area contributed by atoms with Gasteiger partial charge < -0.3 is 20.3 Å². The van der Waals surface area contributed by atoms with Gasteiger partial charge in [0.25, 0.3) is 0 Å². The lowest BCUT2D eigenvalue weighted by Gasteiger charge is -2.21. The molecule has 6 nitrogen and oxygen atoms in total. The number of hydrogen-bond acceptors (Lipinski definition) is 3. The average molecular weight is 296 g/mol. The van der Waals surface area contributed by atoms with Crippen molar-refractivity contribution in [2.24, 2.45) is 10.9 Å². The van der Waals surface area contributed by atoms with Crippen molar-refractivity contribution in [1.29, 1.82) is 0 Å². The van der Waals surface area contributed by atoms with Gasteiger partial charge in [0.1, 0.15) is 6.54 Å². The molecular weight excluding hydrogens is 268 g/mol. The van der Waals surface area contributed by atoms with Crippen molar-refractivity contribution in [3.8, 4) is 0 Å². The van der Waals surface area contributed by atoms with Gasteiger partial charge in [-0.15, -0.1) is 0 Å². The highest BCUT2D eigenvalue weighted by Gasteiger charge is 2.23. The van der Waals surface area contributed by atoms with Crippen molar-refractivity contribution in [3.05, 3.63) is 0 Å². The van der Waals surface area contributed by atoms with Gasteiger partial charge in [0, 0.05) is 32.8 Å². The summed E-state index contributed by atoms with van der Waals surface area (Å²) in [4.78, 5) is 18.1. The third-order valence-corrected chi connectivity index (χ3v) is 3.63. The van der Waals surface area contributed by atoms with E-state index in [0.29, 0.717) is 12.6 Å². The second-order valence-electron chi connectivity index (χ2n) is 5.95. The van der Waals surface area contributed by atoms with E-state index < -0.39 is 0 Å². The van der Waals surface area contributed by atoms with Crippen molar-refractivity contribution in [2.45, 2.75) is 38.6 Å². The van der Waals surface area contributed by atoms with Gasteiger partial charge in [-0.3, -0.25) is 4.79 Å². The first-order chi connectivity index (χ1) is 10.2. The largest absolute Gasteiger partial charge is 0.379 e. The van der Waals surface area contributed by atoms with Gasteiger partial charge in [0.05, 0.1) is 6.61 Å². The van der Waals surface area contributed by atoms with Gasteiger partial charge in [-0.1, -0.05) is 0 Å². The SMILES string of the molecule is CCNC(=NCC(=O)NC1CC1)N(C)CCOCC1CC1. The normalized spacial score (nSPS) is 18.5. The Morgan fingerprint density at radius 3 is 2.71 bits per heavy atom. The van der Waals surface area contributed by atoms with E-state index in [-0.39, 0.29) is 12.5 Å². The van der Waals surface area contributed by atoms with Crippen LogP contribution in [0, 0.1) is 5.92 Å². The van der Waals surface area contributed by atoms with Gasteiger partial charge in [-0.05, 0) is 38.5 Å². The first kappa shape index (κ1) is 16.1. The van der Waals surface area contributed by atoms with Crippen molar-refractivity contribution in [2.75, 3.05) is 39.9 Å². The van der Waals surface area contributed by atoms with Crippen LogP contribution in [0.3, 0.4) is 0 Å². The van der Waals surface area contributed by atoms with E-state index in [2.05, 4.69) is 15.6 Å². The Labute approximate surface area is 127 Å². The summed E-state index contributed by atoms with van der Waals surface area (Å²) in [6, 6.07) is 0.392. The second-order valence-corrected chi connectivity index (χ2v) is 5.95. The number of carbonyl (C=O) groups excluding carboxylic acids is 1. The number of carbonyl (C=O) groups is 1. The van der Waals surface area contributed by atoms with Crippen LogP contribution < -0.4 is 10.6 Å². The summed E-state index contributed by atoms with van der Waals surface area (Å²) in [6.45, 7) is 5.36. The molecule has 1 amide bonds. The molecule has 0 saturated heterocycles. The highest BCUT2D eigenvalue weighted by Crippen LogP contribution is 2.28. The molecular formula is C15H28N4O2. The van der Waals surface area contributed by atoms with E-state index in [1.807, 2.05) is 18.9 Å². The van der Waals surface area contributed by atoms with Gasteiger partial charge in [0.15, 0.2) is 5.96 Å². The number of likely N-dealkylation sites (N-methyl/N-ethyl adjacent to an activating group) is 1. The van der Waals surface area contributed by atoms with E-state index in [0.717, 1.165) is 44.4 Å². The van der Waals surface area contributed by atoms with Crippen LogP contribution in [-0.2, 0) is 9.53 Å². The van der Waals surface area contributed by atoms with Gasteiger partial charge in [-0.2, -0.15) is 0 Å². The minimum Gasteiger partial charge on any atom is -0.379 e. The monoisotopic (exact) mass is 296 g/mol. The van der Waals surface area contributed by atoms with E-state index in [9.17, 15) is 4.79 Å². The van der Waals surface area contributed by atoms with Gasteiger partial charge in [0.2, 0.25) is 5.91 Å². The first-order valence-electron chi connectivity index (χ1n) is 8.05. The zero-order valence-corrected chi connectivity index (χ0v) is 13.2. The maximum Gasteiger partial charge on any atom is 0.242 e. The number of hydrogen-bond donors (Lipinski definition) is 2. The summed E-state index contributed by atoms with van der Waals surface area (Å²) in [5.74, 6) is 1.56. The van der Waals surface area contributed by atoms with E-state index >= 15 is 0 Å². The molecule has 2 N–H and O–H groups in total. The molecule has 0 heterocycles. The van der Waals surface area contributed by atoms with E-state index in [1.54, 1.807) is 0 Å². The van der Waals surface area contributed by atoms with Gasteiger partial charge in [-0.25, -0.2) is 4.99 Å². The molecule has 0 atom stereocenters. The molecule has 120 valence electrons. The molecule has 0 aromatic carbocycles. The fourth-order valence-electron chi connectivity index (χ4n) is 1.96. The Morgan fingerprint density at radius 1 is 1.33 bits per heavy atom. The van der Waals surface area contributed by atoms with E-state index in [1.165, 1.54) is 12.8 Å². The second kappa shape index (κ2) is 8.22. The summed E-state index contributed by atoms with van der Waals surface area (Å²) >= 11 is 0. The fourth-order valence-corrected chi connectivity index (χ4v) is 1.96. The van der Waals surface area contributed by atoms with Crippen molar-refractivity contribution in [1.82, 2.24) is 15.5 Å². The molecule has 0 aromatic heterocycles. The summed E-state index contributed by atoms with van der Waals surface area (Å²) in [7, 11) is 1.97. The van der Waals surface area contributed by atoms with Crippen LogP contribution in [0.4, 0.5) is 0 Å². The number of ether oxygens (including phenoxy) is 1. The molecule has 2 fully saturated rings. The van der Waals surface area contributed by atoms with Gasteiger partial charge >= 0.3 is 0 Å². The molecule has 0 aromatic rings. The van der Waals surface area contributed by atoms with Crippen LogP contribution in [0.25, 0.3) is 0 Å². The van der Waals surface area contributed by atoms with Crippen LogP contribution in [0.2, 0.25) is 0 Å². The minimum atomic E-state index is 0.00582. The third kappa shape index (κ3) is 6.80. The van der Waals surface area contributed by atoms with Crippen molar-refractivity contribution >= 4 is 11.9 Å². The van der Waals surface area contributed by atoms with E-state index in [4.69, 9.17) is 4.74 Å². The van der Waals surface area contributed by atoms with Crippen LogP contribution >= 0.6 is 0 Å². The Balaban J connectivity index is 1.67. The van der Waals surface area contributed by atoms with Crippen LogP contribution in [0.1, 0.15) is 32.6 Å². The molecule has 0 spiro atoms. The quantitative estimate of drug-likeness (QED) is 0.371. The molecule has 2 saturated carbocycles. The topological polar surface area (TPSA) is 66.0 Å². The zero-order valence-electron chi connectivity index (χ0n) is 13.2. The molecule has 0 bridgehead atoms. The Bertz CT molecular complexity index is 365. The fraction of sp³-hybridized carbons (Fsp3) is 0.867. The molecule has 2 rings (SSSR count). The molecule has 21 heavy (non-hydrogen) atoms. The Morgan fingerprint density at radius 2 is 2.10 bits per heavy atom. The molecule has 2 aliphatic carbocycles.